The summed E-state index contributed by atoms with van der Waals surface area (Å²) in [5, 5.41) is 9.30. The van der Waals surface area contributed by atoms with Crippen molar-refractivity contribution in [2.45, 2.75) is 13.3 Å². The summed E-state index contributed by atoms with van der Waals surface area (Å²) in [7, 11) is 0. The quantitative estimate of drug-likeness (QED) is 0.785. The van der Waals surface area contributed by atoms with Crippen LogP contribution in [0.1, 0.15) is 16.7 Å². The maximum absolute atomic E-state index is 9.30. The van der Waals surface area contributed by atoms with E-state index in [0.29, 0.717) is 5.75 Å². The molecule has 0 fully saturated rings. The molecule has 15 heavy (non-hydrogen) atoms. The van der Waals surface area contributed by atoms with Crippen LogP contribution in [0.4, 0.5) is 0 Å². The number of aromatic hydroxyl groups is 1. The molecular formula is C14H14O. The standard InChI is InChI=1S/C14H14O/c1-11-9-14(15)8-7-13(11)10-12-5-3-2-4-6-12/h2-9,15H,10H2,1H3. The highest BCUT2D eigenvalue weighted by atomic mass is 16.3. The molecule has 2 rings (SSSR count). The van der Waals surface area contributed by atoms with Crippen LogP contribution in [0.15, 0.2) is 48.5 Å². The normalized spacial score (nSPS) is 10.2. The van der Waals surface area contributed by atoms with Crippen LogP contribution in [-0.2, 0) is 6.42 Å². The predicted molar refractivity (Wildman–Crippen MR) is 62.1 cm³/mol. The number of hydrogen-bond donors (Lipinski definition) is 1. The van der Waals surface area contributed by atoms with E-state index in [1.54, 1.807) is 12.1 Å². The first-order chi connectivity index (χ1) is 7.25. The lowest BCUT2D eigenvalue weighted by Crippen LogP contribution is -1.90. The van der Waals surface area contributed by atoms with Gasteiger partial charge in [0, 0.05) is 0 Å². The van der Waals surface area contributed by atoms with Crippen molar-refractivity contribution in [1.82, 2.24) is 0 Å². The van der Waals surface area contributed by atoms with Gasteiger partial charge in [-0.15, -0.1) is 0 Å². The molecule has 0 radical (unpaired) electrons. The zero-order chi connectivity index (χ0) is 10.7. The van der Waals surface area contributed by atoms with Crippen molar-refractivity contribution in [1.29, 1.82) is 0 Å². The second kappa shape index (κ2) is 4.18. The van der Waals surface area contributed by atoms with Crippen LogP contribution in [0.25, 0.3) is 0 Å². The van der Waals surface area contributed by atoms with E-state index in [9.17, 15) is 5.11 Å². The highest BCUT2D eigenvalue weighted by molar-refractivity contribution is 5.37. The van der Waals surface area contributed by atoms with Gasteiger partial charge >= 0.3 is 0 Å². The molecule has 2 aromatic carbocycles. The van der Waals surface area contributed by atoms with Crippen LogP contribution in [0.3, 0.4) is 0 Å². The zero-order valence-corrected chi connectivity index (χ0v) is 8.77. The number of benzene rings is 2. The van der Waals surface area contributed by atoms with Crippen LogP contribution in [-0.4, -0.2) is 5.11 Å². The Morgan fingerprint density at radius 1 is 1.00 bits per heavy atom. The van der Waals surface area contributed by atoms with Gasteiger partial charge in [0.2, 0.25) is 0 Å². The van der Waals surface area contributed by atoms with E-state index in [1.807, 2.05) is 31.2 Å². The third-order valence-corrected chi connectivity index (χ3v) is 2.56. The second-order valence-electron chi connectivity index (χ2n) is 3.77. The Labute approximate surface area is 90.0 Å². The number of phenols is 1. The molecule has 1 N–H and O–H groups in total. The molecule has 0 spiro atoms. The van der Waals surface area contributed by atoms with Gasteiger partial charge in [-0.05, 0) is 42.2 Å². The first kappa shape index (κ1) is 9.78. The summed E-state index contributed by atoms with van der Waals surface area (Å²) in [6, 6.07) is 15.9. The van der Waals surface area contributed by atoms with Gasteiger partial charge in [0.15, 0.2) is 0 Å². The smallest absolute Gasteiger partial charge is 0.115 e. The lowest BCUT2D eigenvalue weighted by molar-refractivity contribution is 0.474. The number of phenolic OH excluding ortho intramolecular Hbond substituents is 1. The van der Waals surface area contributed by atoms with Crippen LogP contribution >= 0.6 is 0 Å². The largest absolute Gasteiger partial charge is 0.508 e. The molecule has 0 atom stereocenters. The van der Waals surface area contributed by atoms with Crippen molar-refractivity contribution < 1.29 is 5.11 Å². The summed E-state index contributed by atoms with van der Waals surface area (Å²) in [6.45, 7) is 2.03. The van der Waals surface area contributed by atoms with Crippen LogP contribution < -0.4 is 0 Å². The van der Waals surface area contributed by atoms with Crippen LogP contribution in [0, 0.1) is 6.92 Å². The minimum atomic E-state index is 0.337. The Kier molecular flexibility index (Phi) is 2.72. The van der Waals surface area contributed by atoms with Gasteiger partial charge in [-0.25, -0.2) is 0 Å². The lowest BCUT2D eigenvalue weighted by Gasteiger charge is -2.06. The van der Waals surface area contributed by atoms with Crippen molar-refractivity contribution in [3.05, 3.63) is 65.2 Å². The fraction of sp³-hybridized carbons (Fsp3) is 0.143. The SMILES string of the molecule is Cc1cc(O)ccc1Cc1ccccc1. The van der Waals surface area contributed by atoms with Crippen LogP contribution in [0.5, 0.6) is 5.75 Å². The Hall–Kier alpha value is -1.76. The molecule has 0 bridgehead atoms. The third kappa shape index (κ3) is 2.38. The van der Waals surface area contributed by atoms with E-state index >= 15 is 0 Å². The van der Waals surface area contributed by atoms with E-state index in [-0.39, 0.29) is 0 Å². The fourth-order valence-corrected chi connectivity index (χ4v) is 1.69. The van der Waals surface area contributed by atoms with Crippen molar-refractivity contribution >= 4 is 0 Å². The monoisotopic (exact) mass is 198 g/mol. The van der Waals surface area contributed by atoms with E-state index in [0.717, 1.165) is 12.0 Å². The van der Waals surface area contributed by atoms with E-state index in [4.69, 9.17) is 0 Å². The van der Waals surface area contributed by atoms with Crippen molar-refractivity contribution in [3.63, 3.8) is 0 Å². The van der Waals surface area contributed by atoms with E-state index in [1.165, 1.54) is 11.1 Å². The molecule has 2 aromatic rings. The summed E-state index contributed by atoms with van der Waals surface area (Å²) in [4.78, 5) is 0. The van der Waals surface area contributed by atoms with Crippen LogP contribution in [0.2, 0.25) is 0 Å². The first-order valence-corrected chi connectivity index (χ1v) is 5.08. The van der Waals surface area contributed by atoms with Gasteiger partial charge < -0.3 is 5.11 Å². The zero-order valence-electron chi connectivity index (χ0n) is 8.77. The van der Waals surface area contributed by atoms with Gasteiger partial charge in [0.1, 0.15) is 5.75 Å². The molecule has 0 saturated carbocycles. The third-order valence-electron chi connectivity index (χ3n) is 2.56. The minimum Gasteiger partial charge on any atom is -0.508 e. The molecule has 0 aliphatic heterocycles. The van der Waals surface area contributed by atoms with E-state index in [2.05, 4.69) is 12.1 Å². The summed E-state index contributed by atoms with van der Waals surface area (Å²) < 4.78 is 0. The van der Waals surface area contributed by atoms with Gasteiger partial charge in [-0.2, -0.15) is 0 Å². The number of rotatable bonds is 2. The minimum absolute atomic E-state index is 0.337. The highest BCUT2D eigenvalue weighted by Crippen LogP contribution is 2.18. The van der Waals surface area contributed by atoms with Crippen molar-refractivity contribution in [2.75, 3.05) is 0 Å². The summed E-state index contributed by atoms with van der Waals surface area (Å²) >= 11 is 0. The Balaban J connectivity index is 2.25. The molecular weight excluding hydrogens is 184 g/mol. The average molecular weight is 198 g/mol. The predicted octanol–water partition coefficient (Wildman–Crippen LogP) is 3.29. The van der Waals surface area contributed by atoms with Gasteiger partial charge in [-0.3, -0.25) is 0 Å². The van der Waals surface area contributed by atoms with Gasteiger partial charge in [-0.1, -0.05) is 36.4 Å². The molecule has 1 heteroatoms. The maximum Gasteiger partial charge on any atom is 0.115 e. The highest BCUT2D eigenvalue weighted by Gasteiger charge is 2.00. The summed E-state index contributed by atoms with van der Waals surface area (Å²) in [6.07, 6.45) is 0.924. The lowest BCUT2D eigenvalue weighted by atomic mass is 10.0. The fourth-order valence-electron chi connectivity index (χ4n) is 1.69. The Bertz CT molecular complexity index is 446. The summed E-state index contributed by atoms with van der Waals surface area (Å²) in [5.74, 6) is 0.337. The molecule has 1 nitrogen and oxygen atoms in total. The molecule has 0 saturated heterocycles. The number of aryl methyl sites for hydroxylation is 1. The topological polar surface area (TPSA) is 20.2 Å². The molecule has 0 unspecified atom stereocenters. The van der Waals surface area contributed by atoms with Crippen molar-refractivity contribution in [3.8, 4) is 5.75 Å². The van der Waals surface area contributed by atoms with Gasteiger partial charge in [0.25, 0.3) is 0 Å². The molecule has 0 heterocycles. The molecule has 0 aromatic heterocycles. The molecule has 0 aliphatic rings. The molecule has 76 valence electrons. The van der Waals surface area contributed by atoms with Gasteiger partial charge in [0.05, 0.1) is 0 Å². The number of hydrogen-bond acceptors (Lipinski definition) is 1. The molecule has 0 aliphatic carbocycles. The maximum atomic E-state index is 9.30. The van der Waals surface area contributed by atoms with Crippen molar-refractivity contribution in [2.24, 2.45) is 0 Å². The molecule has 0 amide bonds. The second-order valence-corrected chi connectivity index (χ2v) is 3.77. The summed E-state index contributed by atoms with van der Waals surface area (Å²) in [5.41, 5.74) is 3.70. The Morgan fingerprint density at radius 3 is 2.40 bits per heavy atom. The average Bonchev–Trinajstić information content (AvgIpc) is 2.24. The van der Waals surface area contributed by atoms with E-state index < -0.39 is 0 Å². The first-order valence-electron chi connectivity index (χ1n) is 5.08. The Morgan fingerprint density at radius 2 is 1.73 bits per heavy atom.